The van der Waals surface area contributed by atoms with Crippen LogP contribution in [0.4, 0.5) is 0 Å². The predicted molar refractivity (Wildman–Crippen MR) is 70.8 cm³/mol. The lowest BCUT2D eigenvalue weighted by Crippen LogP contribution is -2.59. The Balaban J connectivity index is 1.86. The molecule has 0 heterocycles. The molecule has 1 radical (unpaired) electrons. The van der Waals surface area contributed by atoms with Gasteiger partial charge >= 0.3 is 5.97 Å². The predicted octanol–water partition coefficient (Wildman–Crippen LogP) is 3.75. The highest BCUT2D eigenvalue weighted by Gasteiger charge is 2.58. The minimum atomic E-state index is -0.105. The lowest BCUT2D eigenvalue weighted by molar-refractivity contribution is -0.209. The number of carbonyl (C=O) groups excluding carboxylic acids is 1. The Morgan fingerprint density at radius 2 is 1.72 bits per heavy atom. The van der Waals surface area contributed by atoms with Crippen molar-refractivity contribution in [1.82, 2.24) is 0 Å². The molecule has 0 aromatic heterocycles. The SMILES string of the molecule is C[CH]C(=O)OC1(CCC)C2CC3CC(C2)CC1C3. The topological polar surface area (TPSA) is 26.3 Å². The fourth-order valence-electron chi connectivity index (χ4n) is 5.24. The van der Waals surface area contributed by atoms with Crippen molar-refractivity contribution < 1.29 is 9.53 Å². The van der Waals surface area contributed by atoms with Crippen LogP contribution in [0.3, 0.4) is 0 Å². The molecule has 0 spiro atoms. The van der Waals surface area contributed by atoms with Crippen molar-refractivity contribution in [3.8, 4) is 0 Å². The van der Waals surface area contributed by atoms with Crippen molar-refractivity contribution in [2.45, 2.75) is 64.4 Å². The van der Waals surface area contributed by atoms with Gasteiger partial charge in [0, 0.05) is 0 Å². The summed E-state index contributed by atoms with van der Waals surface area (Å²) < 4.78 is 6.01. The molecule has 4 aliphatic carbocycles. The highest BCUT2D eigenvalue weighted by atomic mass is 16.6. The standard InChI is InChI=1S/C16H25O2/c1-3-5-16(18-15(17)4-2)13-7-11-6-12(9-13)10-14(16)8-11/h4,11-14H,3,5-10H2,1-2H3. The zero-order chi connectivity index (χ0) is 12.8. The van der Waals surface area contributed by atoms with Gasteiger partial charge in [0.2, 0.25) is 0 Å². The average Bonchev–Trinajstić information content (AvgIpc) is 2.35. The van der Waals surface area contributed by atoms with Crippen LogP contribution in [0.2, 0.25) is 0 Å². The van der Waals surface area contributed by atoms with E-state index in [9.17, 15) is 4.79 Å². The summed E-state index contributed by atoms with van der Waals surface area (Å²) in [5.74, 6) is 3.06. The first-order chi connectivity index (χ1) is 8.68. The van der Waals surface area contributed by atoms with Crippen LogP contribution < -0.4 is 0 Å². The van der Waals surface area contributed by atoms with Gasteiger partial charge in [-0.3, -0.25) is 4.79 Å². The van der Waals surface area contributed by atoms with Crippen LogP contribution in [0.25, 0.3) is 0 Å². The normalized spacial score (nSPS) is 45.2. The van der Waals surface area contributed by atoms with E-state index in [1.54, 1.807) is 13.3 Å². The Bertz CT molecular complexity index is 306. The molecule has 0 amide bonds. The van der Waals surface area contributed by atoms with Gasteiger partial charge in [-0.1, -0.05) is 20.3 Å². The summed E-state index contributed by atoms with van der Waals surface area (Å²) in [7, 11) is 0. The number of hydrogen-bond donors (Lipinski definition) is 0. The minimum Gasteiger partial charge on any atom is -0.458 e. The zero-order valence-corrected chi connectivity index (χ0v) is 11.7. The first kappa shape index (κ1) is 12.5. The smallest absolute Gasteiger partial charge is 0.310 e. The molecule has 0 atom stereocenters. The van der Waals surface area contributed by atoms with Crippen molar-refractivity contribution in [2.75, 3.05) is 0 Å². The number of ether oxygens (including phenoxy) is 1. The highest BCUT2D eigenvalue weighted by molar-refractivity contribution is 5.78. The maximum atomic E-state index is 11.8. The summed E-state index contributed by atoms with van der Waals surface area (Å²) >= 11 is 0. The van der Waals surface area contributed by atoms with Gasteiger partial charge in [-0.15, -0.1) is 0 Å². The van der Waals surface area contributed by atoms with Gasteiger partial charge in [0.25, 0.3) is 0 Å². The molecule has 4 rings (SSSR count). The Labute approximate surface area is 110 Å². The van der Waals surface area contributed by atoms with Crippen LogP contribution in [0.5, 0.6) is 0 Å². The van der Waals surface area contributed by atoms with E-state index in [2.05, 4.69) is 6.92 Å². The Kier molecular flexibility index (Phi) is 3.15. The summed E-state index contributed by atoms with van der Waals surface area (Å²) in [4.78, 5) is 11.8. The van der Waals surface area contributed by atoms with Crippen molar-refractivity contribution in [1.29, 1.82) is 0 Å². The molecule has 18 heavy (non-hydrogen) atoms. The molecular formula is C16H25O2. The third-order valence-electron chi connectivity index (χ3n) is 5.69. The first-order valence-corrected chi connectivity index (χ1v) is 7.70. The number of carbonyl (C=O) groups is 1. The van der Waals surface area contributed by atoms with E-state index in [0.29, 0.717) is 11.8 Å². The van der Waals surface area contributed by atoms with Crippen LogP contribution in [0.1, 0.15) is 58.8 Å². The first-order valence-electron chi connectivity index (χ1n) is 7.70. The zero-order valence-electron chi connectivity index (χ0n) is 11.7. The van der Waals surface area contributed by atoms with Gasteiger partial charge in [0.05, 0.1) is 6.42 Å². The molecule has 4 fully saturated rings. The molecule has 0 aromatic carbocycles. The lowest BCUT2D eigenvalue weighted by atomic mass is 9.49. The molecule has 0 N–H and O–H groups in total. The summed E-state index contributed by atoms with van der Waals surface area (Å²) in [6.07, 6.45) is 10.5. The molecule has 2 heteroatoms. The summed E-state index contributed by atoms with van der Waals surface area (Å²) in [6.45, 7) is 4.01. The Hall–Kier alpha value is -0.530. The van der Waals surface area contributed by atoms with Crippen LogP contribution in [0.15, 0.2) is 0 Å². The summed E-state index contributed by atoms with van der Waals surface area (Å²) in [6, 6.07) is 0. The highest BCUT2D eigenvalue weighted by Crippen LogP contribution is 2.60. The largest absolute Gasteiger partial charge is 0.458 e. The van der Waals surface area contributed by atoms with Gasteiger partial charge in [0.15, 0.2) is 0 Å². The molecule has 2 nitrogen and oxygen atoms in total. The maximum Gasteiger partial charge on any atom is 0.310 e. The van der Waals surface area contributed by atoms with Crippen molar-refractivity contribution in [3.63, 3.8) is 0 Å². The molecule has 0 unspecified atom stereocenters. The Morgan fingerprint density at radius 1 is 1.17 bits per heavy atom. The molecule has 0 saturated heterocycles. The number of esters is 1. The van der Waals surface area contributed by atoms with Gasteiger partial charge in [-0.05, 0) is 62.2 Å². The summed E-state index contributed by atoms with van der Waals surface area (Å²) in [5.41, 5.74) is -0.105. The number of hydrogen-bond acceptors (Lipinski definition) is 2. The second-order valence-corrected chi connectivity index (χ2v) is 6.72. The Morgan fingerprint density at radius 3 is 2.17 bits per heavy atom. The van der Waals surface area contributed by atoms with E-state index in [0.717, 1.165) is 24.7 Å². The van der Waals surface area contributed by atoms with Crippen LogP contribution in [-0.2, 0) is 9.53 Å². The van der Waals surface area contributed by atoms with E-state index in [1.807, 2.05) is 0 Å². The fraction of sp³-hybridized carbons (Fsp3) is 0.875. The third kappa shape index (κ3) is 1.80. The fourth-order valence-corrected chi connectivity index (χ4v) is 5.24. The van der Waals surface area contributed by atoms with E-state index in [1.165, 1.54) is 32.1 Å². The molecule has 4 saturated carbocycles. The average molecular weight is 249 g/mol. The lowest BCUT2D eigenvalue weighted by Gasteiger charge is -2.60. The molecule has 4 bridgehead atoms. The number of rotatable bonds is 4. The van der Waals surface area contributed by atoms with E-state index < -0.39 is 0 Å². The maximum absolute atomic E-state index is 11.8. The molecule has 101 valence electrons. The second-order valence-electron chi connectivity index (χ2n) is 6.72. The molecule has 4 aliphatic rings. The van der Waals surface area contributed by atoms with Gasteiger partial charge in [0.1, 0.15) is 5.60 Å². The van der Waals surface area contributed by atoms with Gasteiger partial charge < -0.3 is 4.74 Å². The van der Waals surface area contributed by atoms with Gasteiger partial charge in [-0.2, -0.15) is 0 Å². The monoisotopic (exact) mass is 249 g/mol. The van der Waals surface area contributed by atoms with Crippen LogP contribution >= 0.6 is 0 Å². The second kappa shape index (κ2) is 4.54. The van der Waals surface area contributed by atoms with E-state index >= 15 is 0 Å². The molecule has 0 aliphatic heterocycles. The minimum absolute atomic E-state index is 0.101. The molecule has 0 aromatic rings. The van der Waals surface area contributed by atoms with Gasteiger partial charge in [-0.25, -0.2) is 0 Å². The summed E-state index contributed by atoms with van der Waals surface area (Å²) in [5, 5.41) is 0. The van der Waals surface area contributed by atoms with E-state index in [4.69, 9.17) is 4.74 Å². The van der Waals surface area contributed by atoms with Crippen LogP contribution in [-0.4, -0.2) is 11.6 Å². The van der Waals surface area contributed by atoms with Crippen molar-refractivity contribution in [3.05, 3.63) is 6.42 Å². The van der Waals surface area contributed by atoms with Crippen molar-refractivity contribution in [2.24, 2.45) is 23.7 Å². The van der Waals surface area contributed by atoms with E-state index in [-0.39, 0.29) is 11.6 Å². The quantitative estimate of drug-likeness (QED) is 0.709. The molecular weight excluding hydrogens is 224 g/mol. The van der Waals surface area contributed by atoms with Crippen molar-refractivity contribution >= 4 is 5.97 Å². The third-order valence-corrected chi connectivity index (χ3v) is 5.69. The van der Waals surface area contributed by atoms with Crippen LogP contribution in [0, 0.1) is 30.1 Å².